The van der Waals surface area contributed by atoms with Crippen LogP contribution in [0.4, 0.5) is 8.78 Å². The Labute approximate surface area is 134 Å². The van der Waals surface area contributed by atoms with E-state index in [2.05, 4.69) is 9.71 Å². The third kappa shape index (κ3) is 4.10. The Morgan fingerprint density at radius 3 is 2.35 bits per heavy atom. The Hall–Kier alpha value is -1.90. The summed E-state index contributed by atoms with van der Waals surface area (Å²) in [6.07, 6.45) is 2.66. The highest BCUT2D eigenvalue weighted by atomic mass is 32.2. The average molecular weight is 341 g/mol. The number of likely N-dealkylation sites (N-methyl/N-ethyl adjacent to an activating group) is 1. The summed E-state index contributed by atoms with van der Waals surface area (Å²) in [6, 6.07) is 5.65. The van der Waals surface area contributed by atoms with Crippen LogP contribution in [0.2, 0.25) is 0 Å². The summed E-state index contributed by atoms with van der Waals surface area (Å²) in [5, 5.41) is 0. The number of halogens is 2. The molecule has 0 bridgehead atoms. The monoisotopic (exact) mass is 341 g/mol. The van der Waals surface area contributed by atoms with Crippen molar-refractivity contribution in [3.8, 4) is 0 Å². The highest BCUT2D eigenvalue weighted by Gasteiger charge is 2.24. The van der Waals surface area contributed by atoms with Gasteiger partial charge >= 0.3 is 0 Å². The fourth-order valence-electron chi connectivity index (χ4n) is 2.15. The van der Waals surface area contributed by atoms with E-state index < -0.39 is 27.7 Å². The molecule has 124 valence electrons. The fraction of sp³-hybridized carbons (Fsp3) is 0.267. The zero-order valence-corrected chi connectivity index (χ0v) is 13.5. The molecule has 1 N–H and O–H groups in total. The molecular formula is C15H17F2N3O2S. The number of benzene rings is 1. The highest BCUT2D eigenvalue weighted by molar-refractivity contribution is 7.89. The molecule has 1 unspecified atom stereocenters. The van der Waals surface area contributed by atoms with Gasteiger partial charge in [-0.05, 0) is 38.4 Å². The predicted molar refractivity (Wildman–Crippen MR) is 82.2 cm³/mol. The maximum absolute atomic E-state index is 13.9. The van der Waals surface area contributed by atoms with Gasteiger partial charge in [-0.15, -0.1) is 0 Å². The lowest BCUT2D eigenvalue weighted by Gasteiger charge is -2.25. The van der Waals surface area contributed by atoms with Crippen molar-refractivity contribution >= 4 is 10.0 Å². The molecule has 0 aliphatic heterocycles. The summed E-state index contributed by atoms with van der Waals surface area (Å²) in [4.78, 5) is 5.29. The third-order valence-corrected chi connectivity index (χ3v) is 4.78. The van der Waals surface area contributed by atoms with Crippen LogP contribution in [0.5, 0.6) is 0 Å². The molecular weight excluding hydrogens is 324 g/mol. The Balaban J connectivity index is 2.25. The first kappa shape index (κ1) is 17.5. The van der Waals surface area contributed by atoms with E-state index >= 15 is 0 Å². The van der Waals surface area contributed by atoms with Crippen LogP contribution in [-0.4, -0.2) is 38.9 Å². The minimum atomic E-state index is -3.81. The smallest absolute Gasteiger partial charge is 0.242 e. The predicted octanol–water partition coefficient (Wildman–Crippen LogP) is 1.94. The molecule has 23 heavy (non-hydrogen) atoms. The van der Waals surface area contributed by atoms with Crippen molar-refractivity contribution in [3.63, 3.8) is 0 Å². The van der Waals surface area contributed by atoms with Gasteiger partial charge in [0.2, 0.25) is 10.0 Å². The first-order valence-corrected chi connectivity index (χ1v) is 8.31. The van der Waals surface area contributed by atoms with Gasteiger partial charge in [-0.1, -0.05) is 6.07 Å². The SMILES string of the molecule is CN(C)C(CNS(=O)(=O)c1cccnc1)c1c(F)cccc1F. The van der Waals surface area contributed by atoms with Gasteiger partial charge in [-0.3, -0.25) is 4.98 Å². The summed E-state index contributed by atoms with van der Waals surface area (Å²) in [7, 11) is -0.567. The summed E-state index contributed by atoms with van der Waals surface area (Å²) in [6.45, 7) is -0.178. The minimum Gasteiger partial charge on any atom is -0.301 e. The quantitative estimate of drug-likeness (QED) is 0.872. The molecule has 5 nitrogen and oxygen atoms in total. The van der Waals surface area contributed by atoms with E-state index in [9.17, 15) is 17.2 Å². The van der Waals surface area contributed by atoms with E-state index in [1.54, 1.807) is 19.0 Å². The van der Waals surface area contributed by atoms with Crippen LogP contribution in [0.15, 0.2) is 47.6 Å². The maximum atomic E-state index is 13.9. The second-order valence-electron chi connectivity index (χ2n) is 5.16. The first-order valence-electron chi connectivity index (χ1n) is 6.83. The standard InChI is InChI=1S/C15H17F2N3O2S/c1-20(2)14(15-12(16)6-3-7-13(15)17)10-19-23(21,22)11-5-4-8-18-9-11/h3-9,14,19H,10H2,1-2H3. The molecule has 0 spiro atoms. The zero-order chi connectivity index (χ0) is 17.0. The van der Waals surface area contributed by atoms with E-state index in [1.165, 1.54) is 30.6 Å². The van der Waals surface area contributed by atoms with E-state index in [-0.39, 0.29) is 17.0 Å². The third-order valence-electron chi connectivity index (χ3n) is 3.37. The lowest BCUT2D eigenvalue weighted by atomic mass is 10.0. The largest absolute Gasteiger partial charge is 0.301 e. The average Bonchev–Trinajstić information content (AvgIpc) is 2.50. The van der Waals surface area contributed by atoms with E-state index in [1.807, 2.05) is 0 Å². The fourth-order valence-corrected chi connectivity index (χ4v) is 3.15. The van der Waals surface area contributed by atoms with Crippen molar-refractivity contribution in [2.75, 3.05) is 20.6 Å². The summed E-state index contributed by atoms with van der Waals surface area (Å²) < 4.78 is 54.7. The lowest BCUT2D eigenvalue weighted by Crippen LogP contribution is -2.35. The number of nitrogens with zero attached hydrogens (tertiary/aromatic N) is 2. The minimum absolute atomic E-state index is 0.00786. The number of pyridine rings is 1. The van der Waals surface area contributed by atoms with E-state index in [0.717, 1.165) is 12.1 Å². The molecule has 2 rings (SSSR count). The number of hydrogen-bond acceptors (Lipinski definition) is 4. The molecule has 0 radical (unpaired) electrons. The maximum Gasteiger partial charge on any atom is 0.242 e. The van der Waals surface area contributed by atoms with Gasteiger partial charge in [0.05, 0.1) is 6.04 Å². The number of nitrogens with one attached hydrogen (secondary N) is 1. The second kappa shape index (κ2) is 7.12. The van der Waals surface area contributed by atoms with Crippen molar-refractivity contribution in [2.45, 2.75) is 10.9 Å². The molecule has 0 saturated heterocycles. The van der Waals surface area contributed by atoms with Gasteiger partial charge in [0.25, 0.3) is 0 Å². The summed E-state index contributed by atoms with van der Waals surface area (Å²) >= 11 is 0. The second-order valence-corrected chi connectivity index (χ2v) is 6.92. The summed E-state index contributed by atoms with van der Waals surface area (Å²) in [5.41, 5.74) is -0.175. The van der Waals surface area contributed by atoms with Crippen LogP contribution in [0.3, 0.4) is 0 Å². The molecule has 0 fully saturated rings. The molecule has 1 atom stereocenters. The van der Waals surface area contributed by atoms with Crippen LogP contribution >= 0.6 is 0 Å². The molecule has 1 aromatic carbocycles. The van der Waals surface area contributed by atoms with Crippen LogP contribution in [0, 0.1) is 11.6 Å². The van der Waals surface area contributed by atoms with Crippen molar-refractivity contribution in [1.82, 2.24) is 14.6 Å². The van der Waals surface area contributed by atoms with Gasteiger partial charge < -0.3 is 4.90 Å². The van der Waals surface area contributed by atoms with Crippen LogP contribution in [-0.2, 0) is 10.0 Å². The van der Waals surface area contributed by atoms with Crippen LogP contribution in [0.1, 0.15) is 11.6 Å². The molecule has 1 heterocycles. The van der Waals surface area contributed by atoms with E-state index in [4.69, 9.17) is 0 Å². The van der Waals surface area contributed by atoms with Crippen LogP contribution < -0.4 is 4.72 Å². The van der Waals surface area contributed by atoms with Gasteiger partial charge in [0.15, 0.2) is 0 Å². The first-order chi connectivity index (χ1) is 10.8. The topological polar surface area (TPSA) is 62.3 Å². The molecule has 1 aromatic heterocycles. The number of hydrogen-bond donors (Lipinski definition) is 1. The Morgan fingerprint density at radius 1 is 1.17 bits per heavy atom. The van der Waals surface area contributed by atoms with Crippen molar-refractivity contribution in [3.05, 3.63) is 59.9 Å². The van der Waals surface area contributed by atoms with E-state index in [0.29, 0.717) is 0 Å². The lowest BCUT2D eigenvalue weighted by molar-refractivity contribution is 0.283. The molecule has 0 aliphatic carbocycles. The van der Waals surface area contributed by atoms with Gasteiger partial charge in [-0.2, -0.15) is 0 Å². The number of rotatable bonds is 6. The Bertz CT molecular complexity index is 747. The van der Waals surface area contributed by atoms with Gasteiger partial charge in [0, 0.05) is 24.5 Å². The Morgan fingerprint density at radius 2 is 1.83 bits per heavy atom. The van der Waals surface area contributed by atoms with Crippen molar-refractivity contribution in [1.29, 1.82) is 0 Å². The zero-order valence-electron chi connectivity index (χ0n) is 12.7. The van der Waals surface area contributed by atoms with Gasteiger partial charge in [0.1, 0.15) is 16.5 Å². The van der Waals surface area contributed by atoms with Gasteiger partial charge in [-0.25, -0.2) is 21.9 Å². The summed E-state index contributed by atoms with van der Waals surface area (Å²) in [5.74, 6) is -1.44. The Kier molecular flexibility index (Phi) is 5.40. The van der Waals surface area contributed by atoms with Crippen molar-refractivity contribution in [2.24, 2.45) is 0 Å². The van der Waals surface area contributed by atoms with Crippen LogP contribution in [0.25, 0.3) is 0 Å². The molecule has 0 saturated carbocycles. The number of sulfonamides is 1. The highest BCUT2D eigenvalue weighted by Crippen LogP contribution is 2.24. The molecule has 8 heteroatoms. The van der Waals surface area contributed by atoms with Crippen molar-refractivity contribution < 1.29 is 17.2 Å². The normalized spacial score (nSPS) is 13.3. The molecule has 0 aliphatic rings. The number of aromatic nitrogens is 1. The molecule has 2 aromatic rings. The molecule has 0 amide bonds.